The molecule has 2 aromatic carbocycles. The van der Waals surface area contributed by atoms with Crippen LogP contribution in [-0.2, 0) is 9.59 Å². The first-order valence-electron chi connectivity index (χ1n) is 8.20. The van der Waals surface area contributed by atoms with Gasteiger partial charge in [0.2, 0.25) is 11.8 Å². The van der Waals surface area contributed by atoms with Gasteiger partial charge in [0.1, 0.15) is 11.8 Å². The molecule has 1 aliphatic heterocycles. The number of amides is 2. The number of nitrogens with zero attached hydrogens (tertiary/aromatic N) is 1. The molecule has 0 aromatic heterocycles. The van der Waals surface area contributed by atoms with Gasteiger partial charge in [0, 0.05) is 18.7 Å². The van der Waals surface area contributed by atoms with Crippen LogP contribution >= 0.6 is 0 Å². The van der Waals surface area contributed by atoms with Crippen molar-refractivity contribution in [2.75, 3.05) is 23.9 Å². The minimum absolute atomic E-state index is 0.0581. The quantitative estimate of drug-likeness (QED) is 0.876. The van der Waals surface area contributed by atoms with Crippen LogP contribution in [0.5, 0.6) is 5.75 Å². The number of anilines is 2. The van der Waals surface area contributed by atoms with Crippen molar-refractivity contribution in [3.05, 3.63) is 54.1 Å². The summed E-state index contributed by atoms with van der Waals surface area (Å²) in [4.78, 5) is 26.1. The fourth-order valence-corrected chi connectivity index (χ4v) is 2.91. The molecule has 1 saturated heterocycles. The lowest BCUT2D eigenvalue weighted by atomic mass is 10.1. The Kier molecular flexibility index (Phi) is 5.00. The normalized spacial score (nSPS) is 15.1. The van der Waals surface area contributed by atoms with Crippen LogP contribution < -0.4 is 20.7 Å². The van der Waals surface area contributed by atoms with E-state index in [1.54, 1.807) is 30.2 Å². The van der Waals surface area contributed by atoms with Gasteiger partial charge in [-0.3, -0.25) is 9.59 Å². The Morgan fingerprint density at radius 2 is 2.00 bits per heavy atom. The topological polar surface area (TPSA) is 84.7 Å². The molecule has 0 radical (unpaired) electrons. The number of hydrogen-bond acceptors (Lipinski definition) is 4. The first kappa shape index (κ1) is 17.0. The molecule has 2 amide bonds. The maximum atomic E-state index is 12.4. The highest BCUT2D eigenvalue weighted by molar-refractivity contribution is 5.99. The first-order valence-corrected chi connectivity index (χ1v) is 8.20. The largest absolute Gasteiger partial charge is 0.495 e. The third-order valence-electron chi connectivity index (χ3n) is 4.25. The molecule has 1 atom stereocenters. The van der Waals surface area contributed by atoms with Crippen LogP contribution in [0.4, 0.5) is 11.4 Å². The fraction of sp³-hybridized carbons (Fsp3) is 0.263. The number of carbonyl (C=O) groups is 2. The summed E-state index contributed by atoms with van der Waals surface area (Å²) < 4.78 is 5.35. The van der Waals surface area contributed by atoms with E-state index in [-0.39, 0.29) is 11.8 Å². The molecular formula is C19H21N3O3. The molecule has 1 aliphatic rings. The van der Waals surface area contributed by atoms with E-state index in [0.29, 0.717) is 30.1 Å². The standard InChI is InChI=1S/C19H21N3O3/c1-25-16-10-9-14(12-15(16)22-11-5-8-17(22)23)21-19(24)18(20)13-6-3-2-4-7-13/h2-4,6-7,9-10,12,18H,5,8,11,20H2,1H3,(H,21,24). The number of methoxy groups -OCH3 is 1. The van der Waals surface area contributed by atoms with E-state index in [4.69, 9.17) is 10.5 Å². The van der Waals surface area contributed by atoms with E-state index in [1.807, 2.05) is 30.3 Å². The van der Waals surface area contributed by atoms with Gasteiger partial charge in [-0.2, -0.15) is 0 Å². The number of nitrogens with one attached hydrogen (secondary N) is 1. The Labute approximate surface area is 146 Å². The van der Waals surface area contributed by atoms with E-state index in [9.17, 15) is 9.59 Å². The molecule has 3 rings (SSSR count). The molecular weight excluding hydrogens is 318 g/mol. The molecule has 1 fully saturated rings. The van der Waals surface area contributed by atoms with Crippen LogP contribution in [0.2, 0.25) is 0 Å². The molecule has 25 heavy (non-hydrogen) atoms. The number of rotatable bonds is 5. The maximum absolute atomic E-state index is 12.4. The summed E-state index contributed by atoms with van der Waals surface area (Å²) in [6.45, 7) is 0.649. The highest BCUT2D eigenvalue weighted by Crippen LogP contribution is 2.34. The lowest BCUT2D eigenvalue weighted by Gasteiger charge is -2.20. The van der Waals surface area contributed by atoms with E-state index in [0.717, 1.165) is 12.0 Å². The SMILES string of the molecule is COc1ccc(NC(=O)C(N)c2ccccc2)cc1N1CCCC1=O. The molecule has 1 unspecified atom stereocenters. The number of carbonyl (C=O) groups excluding carboxylic acids is 2. The summed E-state index contributed by atoms with van der Waals surface area (Å²) >= 11 is 0. The molecule has 3 N–H and O–H groups in total. The lowest BCUT2D eigenvalue weighted by Crippen LogP contribution is -2.28. The van der Waals surface area contributed by atoms with E-state index in [1.165, 1.54) is 0 Å². The van der Waals surface area contributed by atoms with Gasteiger partial charge < -0.3 is 20.7 Å². The van der Waals surface area contributed by atoms with Crippen molar-refractivity contribution in [3.8, 4) is 5.75 Å². The molecule has 0 spiro atoms. The van der Waals surface area contributed by atoms with Gasteiger partial charge in [-0.05, 0) is 30.2 Å². The van der Waals surface area contributed by atoms with Crippen LogP contribution in [0.25, 0.3) is 0 Å². The van der Waals surface area contributed by atoms with Gasteiger partial charge in [0.15, 0.2) is 0 Å². The van der Waals surface area contributed by atoms with Crippen LogP contribution in [0.1, 0.15) is 24.4 Å². The summed E-state index contributed by atoms with van der Waals surface area (Å²) in [7, 11) is 1.56. The molecule has 0 aliphatic carbocycles. The van der Waals surface area contributed by atoms with Crippen molar-refractivity contribution < 1.29 is 14.3 Å². The van der Waals surface area contributed by atoms with Crippen molar-refractivity contribution in [2.45, 2.75) is 18.9 Å². The zero-order chi connectivity index (χ0) is 17.8. The van der Waals surface area contributed by atoms with Crippen molar-refractivity contribution in [3.63, 3.8) is 0 Å². The van der Waals surface area contributed by atoms with Crippen molar-refractivity contribution >= 4 is 23.2 Å². The Bertz CT molecular complexity index is 777. The summed E-state index contributed by atoms with van der Waals surface area (Å²) in [5.74, 6) is 0.346. The van der Waals surface area contributed by atoms with E-state index in [2.05, 4.69) is 5.32 Å². The number of nitrogens with two attached hydrogens (primary N) is 1. The highest BCUT2D eigenvalue weighted by Gasteiger charge is 2.25. The molecule has 2 aromatic rings. The Balaban J connectivity index is 1.81. The van der Waals surface area contributed by atoms with Gasteiger partial charge >= 0.3 is 0 Å². The Hall–Kier alpha value is -2.86. The van der Waals surface area contributed by atoms with Gasteiger partial charge in [-0.1, -0.05) is 30.3 Å². The lowest BCUT2D eigenvalue weighted by molar-refractivity contribution is -0.118. The predicted molar refractivity (Wildman–Crippen MR) is 96.6 cm³/mol. The van der Waals surface area contributed by atoms with Gasteiger partial charge in [0.25, 0.3) is 0 Å². The third-order valence-corrected chi connectivity index (χ3v) is 4.25. The average molecular weight is 339 g/mol. The van der Waals surface area contributed by atoms with Crippen LogP contribution in [-0.4, -0.2) is 25.5 Å². The van der Waals surface area contributed by atoms with Crippen molar-refractivity contribution in [2.24, 2.45) is 5.73 Å². The predicted octanol–water partition coefficient (Wildman–Crippen LogP) is 2.46. The highest BCUT2D eigenvalue weighted by atomic mass is 16.5. The third kappa shape index (κ3) is 3.64. The molecule has 6 heteroatoms. The van der Waals surface area contributed by atoms with Gasteiger partial charge in [0.05, 0.1) is 12.8 Å². The molecule has 0 bridgehead atoms. The molecule has 6 nitrogen and oxygen atoms in total. The van der Waals surface area contributed by atoms with Crippen LogP contribution in [0.15, 0.2) is 48.5 Å². The second kappa shape index (κ2) is 7.36. The number of ether oxygens (including phenoxy) is 1. The summed E-state index contributed by atoms with van der Waals surface area (Å²) in [6.07, 6.45) is 1.34. The second-order valence-electron chi connectivity index (χ2n) is 5.91. The van der Waals surface area contributed by atoms with E-state index >= 15 is 0 Å². The fourth-order valence-electron chi connectivity index (χ4n) is 2.91. The summed E-state index contributed by atoms with van der Waals surface area (Å²) in [5, 5.41) is 2.81. The summed E-state index contributed by atoms with van der Waals surface area (Å²) in [6, 6.07) is 13.6. The minimum Gasteiger partial charge on any atom is -0.495 e. The maximum Gasteiger partial charge on any atom is 0.245 e. The average Bonchev–Trinajstić information content (AvgIpc) is 3.07. The van der Waals surface area contributed by atoms with E-state index < -0.39 is 6.04 Å². The van der Waals surface area contributed by atoms with Crippen LogP contribution in [0.3, 0.4) is 0 Å². The van der Waals surface area contributed by atoms with Gasteiger partial charge in [-0.25, -0.2) is 0 Å². The van der Waals surface area contributed by atoms with Crippen LogP contribution in [0, 0.1) is 0 Å². The number of hydrogen-bond donors (Lipinski definition) is 2. The summed E-state index contributed by atoms with van der Waals surface area (Å²) in [5.41, 5.74) is 8.00. The smallest absolute Gasteiger partial charge is 0.245 e. The molecule has 0 saturated carbocycles. The van der Waals surface area contributed by atoms with Crippen molar-refractivity contribution in [1.29, 1.82) is 0 Å². The number of benzene rings is 2. The minimum atomic E-state index is -0.764. The molecule has 1 heterocycles. The second-order valence-corrected chi connectivity index (χ2v) is 5.91. The Morgan fingerprint density at radius 1 is 1.24 bits per heavy atom. The Morgan fingerprint density at radius 3 is 2.64 bits per heavy atom. The first-order chi connectivity index (χ1) is 12.1. The molecule has 130 valence electrons. The van der Waals surface area contributed by atoms with Gasteiger partial charge in [-0.15, -0.1) is 0 Å². The monoisotopic (exact) mass is 339 g/mol. The zero-order valence-electron chi connectivity index (χ0n) is 14.1. The zero-order valence-corrected chi connectivity index (χ0v) is 14.1. The van der Waals surface area contributed by atoms with Crippen molar-refractivity contribution in [1.82, 2.24) is 0 Å².